The van der Waals surface area contributed by atoms with Crippen molar-refractivity contribution in [2.75, 3.05) is 0 Å². The van der Waals surface area contributed by atoms with Gasteiger partial charge < -0.3 is 4.74 Å². The maximum Gasteiger partial charge on any atom is 0.416 e. The van der Waals surface area contributed by atoms with Crippen LogP contribution in [0.4, 0.5) is 13.2 Å². The van der Waals surface area contributed by atoms with E-state index in [4.69, 9.17) is 4.74 Å². The van der Waals surface area contributed by atoms with Crippen LogP contribution >= 0.6 is 11.3 Å². The molecule has 0 N–H and O–H groups in total. The van der Waals surface area contributed by atoms with Crippen molar-refractivity contribution in [2.24, 2.45) is 0 Å². The second kappa shape index (κ2) is 6.70. The van der Waals surface area contributed by atoms with Gasteiger partial charge in [-0.15, -0.1) is 11.3 Å². The molecule has 3 nitrogen and oxygen atoms in total. The number of aromatic nitrogens is 1. The lowest BCUT2D eigenvalue weighted by molar-refractivity contribution is -0.146. The van der Waals surface area contributed by atoms with Crippen LogP contribution in [0.3, 0.4) is 0 Å². The van der Waals surface area contributed by atoms with Gasteiger partial charge in [-0.05, 0) is 32.9 Å². The van der Waals surface area contributed by atoms with Crippen molar-refractivity contribution in [2.45, 2.75) is 39.5 Å². The largest absolute Gasteiger partial charge is 0.463 e. The smallest absolute Gasteiger partial charge is 0.416 e. The van der Waals surface area contributed by atoms with Crippen molar-refractivity contribution < 1.29 is 22.7 Å². The first-order valence-electron chi connectivity index (χ1n) is 7.00. The van der Waals surface area contributed by atoms with E-state index in [0.717, 1.165) is 17.0 Å². The number of aryl methyl sites for hydroxylation is 1. The van der Waals surface area contributed by atoms with Crippen LogP contribution in [0, 0.1) is 6.92 Å². The molecule has 2 aromatic rings. The van der Waals surface area contributed by atoms with Gasteiger partial charge >= 0.3 is 12.1 Å². The first kappa shape index (κ1) is 17.5. The Balaban J connectivity index is 2.19. The highest BCUT2D eigenvalue weighted by Crippen LogP contribution is 2.33. The summed E-state index contributed by atoms with van der Waals surface area (Å²) in [6, 6.07) is 4.83. The van der Waals surface area contributed by atoms with Gasteiger partial charge in [-0.3, -0.25) is 4.79 Å². The molecule has 23 heavy (non-hydrogen) atoms. The molecule has 0 saturated carbocycles. The second-order valence-corrected chi connectivity index (χ2v) is 6.40. The Morgan fingerprint density at radius 2 is 1.87 bits per heavy atom. The van der Waals surface area contributed by atoms with E-state index in [2.05, 4.69) is 4.98 Å². The molecule has 7 heteroatoms. The molecular weight excluding hydrogens is 327 g/mol. The quantitative estimate of drug-likeness (QED) is 0.760. The van der Waals surface area contributed by atoms with Gasteiger partial charge in [0.1, 0.15) is 5.01 Å². The number of carbonyl (C=O) groups excluding carboxylic acids is 1. The summed E-state index contributed by atoms with van der Waals surface area (Å²) in [5.41, 5.74) is 0.579. The Hall–Kier alpha value is -1.89. The van der Waals surface area contributed by atoms with Crippen LogP contribution in [0.15, 0.2) is 24.3 Å². The second-order valence-electron chi connectivity index (χ2n) is 5.32. The van der Waals surface area contributed by atoms with Crippen LogP contribution in [0.25, 0.3) is 10.6 Å². The summed E-state index contributed by atoms with van der Waals surface area (Å²) in [5.74, 6) is -0.342. The highest BCUT2D eigenvalue weighted by atomic mass is 32.1. The molecule has 0 bridgehead atoms. The summed E-state index contributed by atoms with van der Waals surface area (Å²) in [6.45, 7) is 5.30. The lowest BCUT2D eigenvalue weighted by Crippen LogP contribution is -2.13. The predicted octanol–water partition coefficient (Wildman–Crippen LogP) is 4.63. The first-order chi connectivity index (χ1) is 10.7. The van der Waals surface area contributed by atoms with E-state index < -0.39 is 11.7 Å². The van der Waals surface area contributed by atoms with E-state index in [1.807, 2.05) is 0 Å². The minimum absolute atomic E-state index is 0.113. The van der Waals surface area contributed by atoms with Gasteiger partial charge in [-0.25, -0.2) is 4.98 Å². The van der Waals surface area contributed by atoms with Gasteiger partial charge in [0.15, 0.2) is 0 Å². The molecule has 0 aliphatic rings. The minimum Gasteiger partial charge on any atom is -0.463 e. The number of rotatable bonds is 4. The summed E-state index contributed by atoms with van der Waals surface area (Å²) >= 11 is 1.29. The number of carbonyl (C=O) groups is 1. The van der Waals surface area contributed by atoms with Crippen molar-refractivity contribution in [1.82, 2.24) is 4.98 Å². The molecule has 0 fully saturated rings. The van der Waals surface area contributed by atoms with Gasteiger partial charge in [0.25, 0.3) is 0 Å². The van der Waals surface area contributed by atoms with E-state index in [-0.39, 0.29) is 18.5 Å². The van der Waals surface area contributed by atoms with Gasteiger partial charge in [0, 0.05) is 10.4 Å². The average molecular weight is 343 g/mol. The number of hydrogen-bond donors (Lipinski definition) is 0. The Labute approximate surface area is 136 Å². The molecule has 0 aliphatic heterocycles. The number of thiazole rings is 1. The Morgan fingerprint density at radius 3 is 2.39 bits per heavy atom. The van der Waals surface area contributed by atoms with Crippen LogP contribution in [-0.4, -0.2) is 17.1 Å². The van der Waals surface area contributed by atoms with Crippen molar-refractivity contribution in [3.63, 3.8) is 0 Å². The standard InChI is InChI=1S/C16H16F3NO2S/c1-9(2)22-14(21)8-13-10(3)20-15(23-13)11-4-6-12(7-5-11)16(17,18)19/h4-7,9H,8H2,1-3H3. The monoisotopic (exact) mass is 343 g/mol. The fourth-order valence-electron chi connectivity index (χ4n) is 1.95. The fraction of sp³-hybridized carbons (Fsp3) is 0.375. The summed E-state index contributed by atoms with van der Waals surface area (Å²) in [4.78, 5) is 16.8. The third-order valence-electron chi connectivity index (χ3n) is 3.02. The Kier molecular flexibility index (Phi) is 5.09. The zero-order valence-corrected chi connectivity index (χ0v) is 13.7. The number of ether oxygens (including phenoxy) is 1. The summed E-state index contributed by atoms with van der Waals surface area (Å²) in [5, 5.41) is 0.587. The summed E-state index contributed by atoms with van der Waals surface area (Å²) in [7, 11) is 0. The van der Waals surface area contributed by atoms with Gasteiger partial charge in [0.2, 0.25) is 0 Å². The molecule has 1 aromatic heterocycles. The van der Waals surface area contributed by atoms with Gasteiger partial charge in [-0.2, -0.15) is 13.2 Å². The Bertz CT molecular complexity index is 690. The molecule has 0 saturated heterocycles. The molecule has 0 amide bonds. The van der Waals surface area contributed by atoms with Crippen LogP contribution in [0.2, 0.25) is 0 Å². The van der Waals surface area contributed by atoms with Crippen LogP contribution in [0.5, 0.6) is 0 Å². The SMILES string of the molecule is Cc1nc(-c2ccc(C(F)(F)F)cc2)sc1CC(=O)OC(C)C. The van der Waals surface area contributed by atoms with Crippen LogP contribution in [-0.2, 0) is 22.1 Å². The molecule has 0 spiro atoms. The van der Waals surface area contributed by atoms with E-state index in [9.17, 15) is 18.0 Å². The summed E-state index contributed by atoms with van der Waals surface area (Å²) in [6.07, 6.45) is -4.43. The number of nitrogens with zero attached hydrogens (tertiary/aromatic N) is 1. The van der Waals surface area contributed by atoms with E-state index in [0.29, 0.717) is 16.3 Å². The molecule has 2 rings (SSSR count). The number of hydrogen-bond acceptors (Lipinski definition) is 4. The van der Waals surface area contributed by atoms with E-state index in [1.165, 1.54) is 23.5 Å². The first-order valence-corrected chi connectivity index (χ1v) is 7.82. The topological polar surface area (TPSA) is 39.2 Å². The maximum absolute atomic E-state index is 12.6. The highest BCUT2D eigenvalue weighted by Gasteiger charge is 2.30. The third-order valence-corrected chi connectivity index (χ3v) is 4.23. The van der Waals surface area contributed by atoms with E-state index in [1.54, 1.807) is 20.8 Å². The molecule has 124 valence electrons. The highest BCUT2D eigenvalue weighted by molar-refractivity contribution is 7.15. The van der Waals surface area contributed by atoms with Crippen molar-refractivity contribution in [3.05, 3.63) is 40.4 Å². The van der Waals surface area contributed by atoms with Crippen molar-refractivity contribution in [1.29, 1.82) is 0 Å². The molecule has 1 aromatic carbocycles. The molecule has 0 atom stereocenters. The van der Waals surface area contributed by atoms with Gasteiger partial charge in [0.05, 0.1) is 23.8 Å². The van der Waals surface area contributed by atoms with Crippen LogP contribution < -0.4 is 0 Å². The molecule has 0 unspecified atom stereocenters. The zero-order chi connectivity index (χ0) is 17.2. The Morgan fingerprint density at radius 1 is 1.26 bits per heavy atom. The molecule has 0 aliphatic carbocycles. The van der Waals surface area contributed by atoms with Gasteiger partial charge in [-0.1, -0.05) is 12.1 Å². The molecule has 0 radical (unpaired) electrons. The van der Waals surface area contributed by atoms with Crippen molar-refractivity contribution in [3.8, 4) is 10.6 Å². The summed E-state index contributed by atoms with van der Waals surface area (Å²) < 4.78 is 42.8. The number of alkyl halides is 3. The lowest BCUT2D eigenvalue weighted by Gasteiger charge is -2.06. The number of esters is 1. The maximum atomic E-state index is 12.6. The number of halogens is 3. The fourth-order valence-corrected chi connectivity index (χ4v) is 3.01. The molecular formula is C16H16F3NO2S. The lowest BCUT2D eigenvalue weighted by atomic mass is 10.1. The predicted molar refractivity (Wildman–Crippen MR) is 82.2 cm³/mol. The van der Waals surface area contributed by atoms with Crippen LogP contribution in [0.1, 0.15) is 30.0 Å². The van der Waals surface area contributed by atoms with E-state index >= 15 is 0 Å². The van der Waals surface area contributed by atoms with Crippen molar-refractivity contribution >= 4 is 17.3 Å². The normalized spacial score (nSPS) is 11.8. The minimum atomic E-state index is -4.36. The number of benzene rings is 1. The average Bonchev–Trinajstić information content (AvgIpc) is 2.78. The zero-order valence-electron chi connectivity index (χ0n) is 12.9. The third kappa shape index (κ3) is 4.54. The molecule has 1 heterocycles.